The SMILES string of the molecule is COc1ccc(-n2ncc(Oc3cccc(C)c3C)c(Nc3ccc(C(=O)NCc4cccnc4)cc3)c2=O)cc1. The highest BCUT2D eigenvalue weighted by atomic mass is 16.5. The van der Waals surface area contributed by atoms with Crippen molar-refractivity contribution in [2.75, 3.05) is 12.4 Å². The van der Waals surface area contributed by atoms with Crippen molar-refractivity contribution in [3.8, 4) is 22.9 Å². The Morgan fingerprint density at radius 1 is 0.902 bits per heavy atom. The van der Waals surface area contributed by atoms with Gasteiger partial charge < -0.3 is 20.1 Å². The number of methoxy groups -OCH3 is 1. The number of ether oxygens (including phenoxy) is 2. The first-order valence-electron chi connectivity index (χ1n) is 13.0. The Hall–Kier alpha value is -5.44. The number of rotatable bonds is 9. The quantitative estimate of drug-likeness (QED) is 0.243. The van der Waals surface area contributed by atoms with E-state index in [1.807, 2.05) is 44.2 Å². The van der Waals surface area contributed by atoms with Crippen molar-refractivity contribution >= 4 is 17.3 Å². The fourth-order valence-electron chi connectivity index (χ4n) is 4.13. The molecule has 0 saturated carbocycles. The maximum Gasteiger partial charge on any atom is 0.299 e. The Labute approximate surface area is 237 Å². The third kappa shape index (κ3) is 6.25. The van der Waals surface area contributed by atoms with Crippen LogP contribution < -0.4 is 25.7 Å². The van der Waals surface area contributed by atoms with Gasteiger partial charge in [0.25, 0.3) is 11.5 Å². The highest BCUT2D eigenvalue weighted by Crippen LogP contribution is 2.32. The summed E-state index contributed by atoms with van der Waals surface area (Å²) in [5.74, 6) is 1.34. The van der Waals surface area contributed by atoms with Gasteiger partial charge in [0.1, 0.15) is 11.5 Å². The van der Waals surface area contributed by atoms with Gasteiger partial charge in [-0.05, 0) is 91.2 Å². The predicted molar refractivity (Wildman–Crippen MR) is 158 cm³/mol. The largest absolute Gasteiger partial charge is 0.497 e. The van der Waals surface area contributed by atoms with E-state index in [9.17, 15) is 9.59 Å². The smallest absolute Gasteiger partial charge is 0.299 e. The number of carbonyl (C=O) groups excluding carboxylic acids is 1. The monoisotopic (exact) mass is 547 g/mol. The van der Waals surface area contributed by atoms with Gasteiger partial charge in [-0.15, -0.1) is 0 Å². The Kier molecular flexibility index (Phi) is 8.05. The highest BCUT2D eigenvalue weighted by Gasteiger charge is 2.17. The lowest BCUT2D eigenvalue weighted by Crippen LogP contribution is -2.24. The Balaban J connectivity index is 1.44. The second kappa shape index (κ2) is 12.2. The minimum Gasteiger partial charge on any atom is -0.497 e. The van der Waals surface area contributed by atoms with Crippen molar-refractivity contribution in [1.82, 2.24) is 20.1 Å². The average molecular weight is 548 g/mol. The molecule has 0 aliphatic rings. The molecule has 2 heterocycles. The number of anilines is 2. The van der Waals surface area contributed by atoms with E-state index in [0.29, 0.717) is 35.0 Å². The van der Waals surface area contributed by atoms with Crippen LogP contribution >= 0.6 is 0 Å². The van der Waals surface area contributed by atoms with Gasteiger partial charge in [-0.1, -0.05) is 18.2 Å². The average Bonchev–Trinajstić information content (AvgIpc) is 3.01. The molecule has 2 aromatic heterocycles. The van der Waals surface area contributed by atoms with Crippen LogP contribution in [0.25, 0.3) is 5.69 Å². The van der Waals surface area contributed by atoms with Crippen molar-refractivity contribution in [3.05, 3.63) is 130 Å². The lowest BCUT2D eigenvalue weighted by molar-refractivity contribution is 0.0951. The number of hydrogen-bond acceptors (Lipinski definition) is 7. The molecule has 0 bridgehead atoms. The van der Waals surface area contributed by atoms with Crippen LogP contribution in [0, 0.1) is 13.8 Å². The van der Waals surface area contributed by atoms with E-state index in [1.165, 1.54) is 10.9 Å². The molecule has 0 atom stereocenters. The number of nitrogens with zero attached hydrogens (tertiary/aromatic N) is 3. The molecule has 5 aromatic rings. The highest BCUT2D eigenvalue weighted by molar-refractivity contribution is 5.94. The topological polar surface area (TPSA) is 107 Å². The predicted octanol–water partition coefficient (Wildman–Crippen LogP) is 5.72. The van der Waals surface area contributed by atoms with E-state index in [-0.39, 0.29) is 17.3 Å². The van der Waals surface area contributed by atoms with Gasteiger partial charge in [-0.3, -0.25) is 14.6 Å². The summed E-state index contributed by atoms with van der Waals surface area (Å²) in [5.41, 5.74) is 4.37. The zero-order valence-electron chi connectivity index (χ0n) is 22.9. The lowest BCUT2D eigenvalue weighted by atomic mass is 10.1. The normalized spacial score (nSPS) is 10.6. The molecular weight excluding hydrogens is 518 g/mol. The second-order valence-corrected chi connectivity index (χ2v) is 9.35. The summed E-state index contributed by atoms with van der Waals surface area (Å²) in [6.45, 7) is 4.32. The van der Waals surface area contributed by atoms with Gasteiger partial charge in [0.2, 0.25) is 0 Å². The minimum atomic E-state index is -0.406. The van der Waals surface area contributed by atoms with Crippen molar-refractivity contribution < 1.29 is 14.3 Å². The molecule has 206 valence electrons. The van der Waals surface area contributed by atoms with Gasteiger partial charge in [-0.25, -0.2) is 0 Å². The van der Waals surface area contributed by atoms with Crippen molar-refractivity contribution in [1.29, 1.82) is 0 Å². The van der Waals surface area contributed by atoms with Gasteiger partial charge in [-0.2, -0.15) is 9.78 Å². The number of amides is 1. The van der Waals surface area contributed by atoms with Crippen LogP contribution in [0.5, 0.6) is 17.2 Å². The maximum atomic E-state index is 13.7. The van der Waals surface area contributed by atoms with E-state index in [2.05, 4.69) is 20.7 Å². The number of hydrogen-bond donors (Lipinski definition) is 2. The third-order valence-corrected chi connectivity index (χ3v) is 6.63. The van der Waals surface area contributed by atoms with Crippen LogP contribution in [0.1, 0.15) is 27.0 Å². The summed E-state index contributed by atoms with van der Waals surface area (Å²) in [4.78, 5) is 30.5. The van der Waals surface area contributed by atoms with Gasteiger partial charge in [0, 0.05) is 30.2 Å². The fraction of sp³-hybridized carbons (Fsp3) is 0.125. The van der Waals surface area contributed by atoms with Crippen LogP contribution in [0.15, 0.2) is 102 Å². The van der Waals surface area contributed by atoms with Crippen LogP contribution in [-0.4, -0.2) is 27.8 Å². The van der Waals surface area contributed by atoms with E-state index in [1.54, 1.807) is 68.0 Å². The number of aromatic nitrogens is 3. The molecule has 9 heteroatoms. The van der Waals surface area contributed by atoms with E-state index < -0.39 is 5.56 Å². The first-order chi connectivity index (χ1) is 19.9. The number of aryl methyl sites for hydroxylation is 1. The standard InChI is InChI=1S/C32H29N5O4/c1-21-6-4-8-28(22(21)2)41-29-20-35-37(26-13-15-27(40-3)16-14-26)32(39)30(29)36-25-11-9-24(10-12-25)31(38)34-19-23-7-5-17-33-18-23/h4-18,20,36H,19H2,1-3H3,(H,34,38). The minimum absolute atomic E-state index is 0.200. The van der Waals surface area contributed by atoms with E-state index in [4.69, 9.17) is 9.47 Å². The molecule has 0 unspecified atom stereocenters. The molecule has 0 saturated heterocycles. The molecule has 3 aromatic carbocycles. The number of pyridine rings is 1. The molecule has 41 heavy (non-hydrogen) atoms. The molecule has 9 nitrogen and oxygen atoms in total. The Morgan fingerprint density at radius 3 is 2.39 bits per heavy atom. The second-order valence-electron chi connectivity index (χ2n) is 9.35. The molecule has 1 amide bonds. The number of benzene rings is 3. The Bertz CT molecular complexity index is 1720. The summed E-state index contributed by atoms with van der Waals surface area (Å²) in [5, 5.41) is 10.5. The first-order valence-corrected chi connectivity index (χ1v) is 13.0. The molecule has 0 aliphatic carbocycles. The summed E-state index contributed by atoms with van der Waals surface area (Å²) < 4.78 is 12.7. The van der Waals surface area contributed by atoms with E-state index >= 15 is 0 Å². The van der Waals surface area contributed by atoms with Crippen molar-refractivity contribution in [2.45, 2.75) is 20.4 Å². The molecule has 0 spiro atoms. The number of nitrogens with one attached hydrogen (secondary N) is 2. The van der Waals surface area contributed by atoms with Crippen molar-refractivity contribution in [2.24, 2.45) is 0 Å². The first kappa shape index (κ1) is 27.1. The maximum absolute atomic E-state index is 13.7. The van der Waals surface area contributed by atoms with Crippen LogP contribution in [0.2, 0.25) is 0 Å². The summed E-state index contributed by atoms with van der Waals surface area (Å²) in [6, 6.07) is 23.3. The lowest BCUT2D eigenvalue weighted by Gasteiger charge is -2.16. The zero-order valence-corrected chi connectivity index (χ0v) is 22.9. The zero-order chi connectivity index (χ0) is 28.8. The summed E-state index contributed by atoms with van der Waals surface area (Å²) in [6.07, 6.45) is 4.90. The van der Waals surface area contributed by atoms with Gasteiger partial charge in [0.05, 0.1) is 19.0 Å². The van der Waals surface area contributed by atoms with Gasteiger partial charge in [0.15, 0.2) is 11.4 Å². The molecule has 2 N–H and O–H groups in total. The van der Waals surface area contributed by atoms with Crippen LogP contribution in [0.4, 0.5) is 11.4 Å². The molecule has 0 aliphatic heterocycles. The fourth-order valence-corrected chi connectivity index (χ4v) is 4.13. The summed E-state index contributed by atoms with van der Waals surface area (Å²) >= 11 is 0. The number of carbonyl (C=O) groups is 1. The molecule has 0 fully saturated rings. The van der Waals surface area contributed by atoms with Crippen LogP contribution in [0.3, 0.4) is 0 Å². The Morgan fingerprint density at radius 2 is 1.68 bits per heavy atom. The third-order valence-electron chi connectivity index (χ3n) is 6.63. The van der Waals surface area contributed by atoms with E-state index in [0.717, 1.165) is 16.7 Å². The molecular formula is C32H29N5O4. The van der Waals surface area contributed by atoms with Crippen molar-refractivity contribution in [3.63, 3.8) is 0 Å². The van der Waals surface area contributed by atoms with Gasteiger partial charge >= 0.3 is 0 Å². The molecule has 0 radical (unpaired) electrons. The summed E-state index contributed by atoms with van der Waals surface area (Å²) in [7, 11) is 1.58. The molecule has 5 rings (SSSR count). The van der Waals surface area contributed by atoms with Crippen LogP contribution in [-0.2, 0) is 6.54 Å².